The number of nitrogens with zero attached hydrogens (tertiary/aromatic N) is 3. The van der Waals surface area contributed by atoms with E-state index in [2.05, 4.69) is 6.08 Å². The Bertz CT molecular complexity index is 1950. The highest BCUT2D eigenvalue weighted by molar-refractivity contribution is 8.15. The van der Waals surface area contributed by atoms with Crippen LogP contribution in [0.25, 0.3) is 5.57 Å². The molecule has 45 heavy (non-hydrogen) atoms. The molecule has 2 fully saturated rings. The third kappa shape index (κ3) is 4.04. The number of rotatable bonds is 5. The molecule has 0 N–H and O–H groups in total. The van der Waals surface area contributed by atoms with E-state index in [1.165, 1.54) is 47.1 Å². The number of carbonyl (C=O) groups is 4. The lowest BCUT2D eigenvalue weighted by Crippen LogP contribution is -2.70. The topological polar surface area (TPSA) is 112 Å². The quantitative estimate of drug-likeness (QED) is 0.397. The van der Waals surface area contributed by atoms with Crippen molar-refractivity contribution in [3.05, 3.63) is 102 Å². The first kappa shape index (κ1) is 29.8. The van der Waals surface area contributed by atoms with E-state index in [4.69, 9.17) is 0 Å². The number of piperazine rings is 1. The van der Waals surface area contributed by atoms with Crippen LogP contribution in [0, 0.1) is 0 Å². The zero-order valence-corrected chi connectivity index (χ0v) is 27.1. The van der Waals surface area contributed by atoms with Crippen LogP contribution in [0.3, 0.4) is 0 Å². The van der Waals surface area contributed by atoms with E-state index >= 15 is 0 Å². The summed E-state index contributed by atoms with van der Waals surface area (Å²) >= 11 is 1.44. The van der Waals surface area contributed by atoms with Crippen molar-refractivity contribution in [1.82, 2.24) is 9.80 Å². The molecule has 12 heteroatoms. The molecule has 1 aliphatic carbocycles. The number of amides is 2. The van der Waals surface area contributed by atoms with Gasteiger partial charge in [0.05, 0.1) is 16.0 Å². The molecule has 0 bridgehead atoms. The number of hydrogen-bond acceptors (Lipinski definition) is 8. The molecule has 7 rings (SSSR count). The number of hydrogen-bond donors (Lipinski definition) is 0. The Balaban J connectivity index is 1.58. The zero-order valence-electron chi connectivity index (χ0n) is 24.7. The Morgan fingerprint density at radius 3 is 2.27 bits per heavy atom. The lowest BCUT2D eigenvalue weighted by atomic mass is 9.70. The van der Waals surface area contributed by atoms with Crippen molar-refractivity contribution in [2.24, 2.45) is 0 Å². The molecule has 4 aliphatic rings. The largest absolute Gasteiger partial charge is 0.322 e. The Labute approximate surface area is 269 Å². The molecule has 3 aromatic rings. The van der Waals surface area contributed by atoms with Crippen LogP contribution >= 0.6 is 23.5 Å². The smallest absolute Gasteiger partial charge is 0.266 e. The van der Waals surface area contributed by atoms with E-state index in [1.54, 1.807) is 30.3 Å². The highest BCUT2D eigenvalue weighted by atomic mass is 32.2. The minimum atomic E-state index is -4.33. The average molecular weight is 660 g/mol. The summed E-state index contributed by atoms with van der Waals surface area (Å²) in [6, 6.07) is 23.0. The number of para-hydroxylation sites is 1. The number of benzene rings is 3. The monoisotopic (exact) mass is 659 g/mol. The van der Waals surface area contributed by atoms with Crippen molar-refractivity contribution >= 4 is 66.9 Å². The molecular weight excluding hydrogens is 631 g/mol. The first-order chi connectivity index (χ1) is 21.4. The summed E-state index contributed by atoms with van der Waals surface area (Å²) in [4.78, 5) is 55.6. The fourth-order valence-electron chi connectivity index (χ4n) is 7.54. The van der Waals surface area contributed by atoms with E-state index in [0.717, 1.165) is 28.5 Å². The molecule has 3 aliphatic heterocycles. The lowest BCUT2D eigenvalue weighted by Gasteiger charge is -2.49. The third-order valence-electron chi connectivity index (χ3n) is 9.10. The van der Waals surface area contributed by atoms with Crippen molar-refractivity contribution in [1.29, 1.82) is 0 Å². The number of likely N-dealkylation sites (N-methyl/N-ethyl adjacent to an activating group) is 1. The number of allylic oxidation sites excluding steroid dienone is 1. The molecule has 4 atom stereocenters. The second-order valence-corrected chi connectivity index (χ2v) is 16.1. The van der Waals surface area contributed by atoms with Gasteiger partial charge in [0, 0.05) is 27.3 Å². The second-order valence-electron chi connectivity index (χ2n) is 11.6. The van der Waals surface area contributed by atoms with Crippen molar-refractivity contribution in [2.75, 3.05) is 11.4 Å². The van der Waals surface area contributed by atoms with Crippen LogP contribution in [0.15, 0.2) is 89.8 Å². The Kier molecular flexibility index (Phi) is 6.84. The average Bonchev–Trinajstić information content (AvgIpc) is 3.65. The van der Waals surface area contributed by atoms with Gasteiger partial charge in [-0.25, -0.2) is 12.7 Å². The summed E-state index contributed by atoms with van der Waals surface area (Å²) in [5, 5.41) is -2.00. The first-order valence-electron chi connectivity index (χ1n) is 14.4. The zero-order chi connectivity index (χ0) is 31.9. The Morgan fingerprint density at radius 2 is 1.56 bits per heavy atom. The second kappa shape index (κ2) is 10.3. The third-order valence-corrected chi connectivity index (χ3v) is 13.1. The van der Waals surface area contributed by atoms with Gasteiger partial charge < -0.3 is 4.90 Å². The maximum atomic E-state index is 14.8. The number of fused-ring (bicyclic) bond motifs is 6. The van der Waals surface area contributed by atoms with E-state index < -0.39 is 48.8 Å². The van der Waals surface area contributed by atoms with Crippen LogP contribution in [0.5, 0.6) is 0 Å². The van der Waals surface area contributed by atoms with Crippen LogP contribution in [0.1, 0.15) is 37.0 Å². The van der Waals surface area contributed by atoms with Crippen LogP contribution in [-0.2, 0) is 41.0 Å². The fourth-order valence-corrected chi connectivity index (χ4v) is 11.3. The summed E-state index contributed by atoms with van der Waals surface area (Å²) in [6.45, 7) is 2.65. The molecule has 0 saturated carbocycles. The summed E-state index contributed by atoms with van der Waals surface area (Å²) in [7, 11) is -2.88. The minimum absolute atomic E-state index is 0.0238. The molecule has 3 heterocycles. The lowest BCUT2D eigenvalue weighted by molar-refractivity contribution is -0.157. The van der Waals surface area contributed by atoms with Gasteiger partial charge in [-0.15, -0.1) is 0 Å². The van der Waals surface area contributed by atoms with Crippen LogP contribution < -0.4 is 4.31 Å². The number of sulfonamides is 1. The number of carbonyl (C=O) groups excluding carboxylic acids is 4. The van der Waals surface area contributed by atoms with Gasteiger partial charge >= 0.3 is 0 Å². The minimum Gasteiger partial charge on any atom is -0.322 e. The number of thioether (sulfide) groups is 2. The standard InChI is InChI=1S/C33H29N3O6S3/c1-20(37)43-29-28(39)35-30-32(25-18-17-22-11-7-8-14-24(22)25,19-33(35,44-21(2)38)31(40)34(29)3)26-15-9-10-16-27(26)36(30)45(41,42)23-12-5-4-6-13-23/h4-16,18,29-30H,17,19H2,1-3H3/t29-,30-,32-,33-/m0/s1. The van der Waals surface area contributed by atoms with Crippen molar-refractivity contribution in [3.8, 4) is 0 Å². The maximum absolute atomic E-state index is 14.8. The molecule has 2 amide bonds. The maximum Gasteiger partial charge on any atom is 0.266 e. The Morgan fingerprint density at radius 1 is 0.889 bits per heavy atom. The van der Waals surface area contributed by atoms with Gasteiger partial charge in [-0.05, 0) is 58.6 Å². The van der Waals surface area contributed by atoms with Crippen LogP contribution in [0.4, 0.5) is 5.69 Å². The summed E-state index contributed by atoms with van der Waals surface area (Å²) in [6.07, 6.45) is 1.35. The predicted molar refractivity (Wildman–Crippen MR) is 173 cm³/mol. The fraction of sp³-hybridized carbons (Fsp3) is 0.273. The van der Waals surface area contributed by atoms with Crippen LogP contribution in [0.2, 0.25) is 0 Å². The van der Waals surface area contributed by atoms with E-state index in [-0.39, 0.29) is 16.4 Å². The summed E-state index contributed by atoms with van der Waals surface area (Å²) in [5.41, 5.74) is 2.57. The van der Waals surface area contributed by atoms with Gasteiger partial charge in [0.25, 0.3) is 21.8 Å². The highest BCUT2D eigenvalue weighted by Gasteiger charge is 2.76. The first-order valence-corrected chi connectivity index (χ1v) is 17.5. The van der Waals surface area contributed by atoms with Gasteiger partial charge in [-0.2, -0.15) is 0 Å². The molecule has 3 aromatic carbocycles. The summed E-state index contributed by atoms with van der Waals surface area (Å²) < 4.78 is 30.9. The van der Waals surface area contributed by atoms with Gasteiger partial charge in [-0.1, -0.05) is 78.5 Å². The Hall–Kier alpha value is -3.87. The number of anilines is 1. The highest BCUT2D eigenvalue weighted by Crippen LogP contribution is 2.67. The molecule has 0 aromatic heterocycles. The van der Waals surface area contributed by atoms with E-state index in [1.807, 2.05) is 36.4 Å². The SMILES string of the molecule is CC(=O)S[C@H]1C(=O)N2[C@H]3N(S(=O)(=O)c4ccccc4)c4ccccc4[C@@]3(C3=CCc4ccccc43)C[C@]2(SC(C)=O)C(=O)N1C. The molecular formula is C33H29N3O6S3. The van der Waals surface area contributed by atoms with Gasteiger partial charge in [-0.3, -0.25) is 24.1 Å². The molecule has 0 unspecified atom stereocenters. The molecule has 9 nitrogen and oxygen atoms in total. The van der Waals surface area contributed by atoms with E-state index in [9.17, 15) is 27.6 Å². The van der Waals surface area contributed by atoms with Gasteiger partial charge in [0.15, 0.2) is 20.5 Å². The molecule has 0 radical (unpaired) electrons. The van der Waals surface area contributed by atoms with Crippen molar-refractivity contribution < 1.29 is 27.6 Å². The van der Waals surface area contributed by atoms with Crippen molar-refractivity contribution in [2.45, 2.75) is 53.4 Å². The van der Waals surface area contributed by atoms with Gasteiger partial charge in [0.2, 0.25) is 0 Å². The predicted octanol–water partition coefficient (Wildman–Crippen LogP) is 4.39. The summed E-state index contributed by atoms with van der Waals surface area (Å²) in [5.74, 6) is -1.14. The molecule has 2 saturated heterocycles. The van der Waals surface area contributed by atoms with Gasteiger partial charge in [0.1, 0.15) is 6.17 Å². The van der Waals surface area contributed by atoms with Crippen LogP contribution in [-0.4, -0.2) is 63.7 Å². The molecule has 0 spiro atoms. The van der Waals surface area contributed by atoms with Crippen molar-refractivity contribution in [3.63, 3.8) is 0 Å². The van der Waals surface area contributed by atoms with E-state index in [0.29, 0.717) is 29.4 Å². The normalized spacial score (nSPS) is 26.7. The molecule has 230 valence electrons.